The van der Waals surface area contributed by atoms with Gasteiger partial charge in [-0.3, -0.25) is 4.79 Å². The van der Waals surface area contributed by atoms with Crippen LogP contribution in [0.2, 0.25) is 0 Å². The number of unbranched alkanes of at least 4 members (excludes halogenated alkanes) is 1. The number of hydrogen-bond donors (Lipinski definition) is 2. The maximum Gasteiger partial charge on any atom is 0.313 e. The molecule has 0 aromatic heterocycles. The Hall–Kier alpha value is -1.75. The number of benzene rings is 1. The van der Waals surface area contributed by atoms with Crippen molar-refractivity contribution in [2.24, 2.45) is 0 Å². The van der Waals surface area contributed by atoms with Gasteiger partial charge in [-0.25, -0.2) is 0 Å². The van der Waals surface area contributed by atoms with Gasteiger partial charge in [-0.15, -0.1) is 0 Å². The van der Waals surface area contributed by atoms with E-state index in [9.17, 15) is 15.0 Å². The second-order valence-corrected chi connectivity index (χ2v) is 4.93. The molecule has 1 heterocycles. The normalized spacial score (nSPS) is 16.5. The summed E-state index contributed by atoms with van der Waals surface area (Å²) in [5.41, 5.74) is 0.547. The standard InChI is InChI=1S/C15H20O5/c1-2-3-4-11(16)14(15(17)18)10-5-6-12-13(9-10)20-8-7-19-12/h5-6,9,11,14,16H,2-4,7-8H2,1H3,(H,17,18). The fourth-order valence-electron chi connectivity index (χ4n) is 2.36. The molecule has 2 unspecified atom stereocenters. The van der Waals surface area contributed by atoms with E-state index in [1.165, 1.54) is 0 Å². The van der Waals surface area contributed by atoms with Crippen molar-refractivity contribution in [3.05, 3.63) is 23.8 Å². The van der Waals surface area contributed by atoms with E-state index in [0.29, 0.717) is 36.7 Å². The summed E-state index contributed by atoms with van der Waals surface area (Å²) in [4.78, 5) is 11.4. The molecule has 5 nitrogen and oxygen atoms in total. The Morgan fingerprint density at radius 2 is 2.00 bits per heavy atom. The van der Waals surface area contributed by atoms with Crippen LogP contribution in [0.15, 0.2) is 18.2 Å². The molecule has 1 aromatic rings. The molecule has 0 saturated carbocycles. The first-order valence-corrected chi connectivity index (χ1v) is 6.94. The largest absolute Gasteiger partial charge is 0.486 e. The van der Waals surface area contributed by atoms with Gasteiger partial charge in [-0.1, -0.05) is 25.8 Å². The SMILES string of the molecule is CCCCC(O)C(C(=O)O)c1ccc2c(c1)OCCO2. The molecule has 0 saturated heterocycles. The molecule has 20 heavy (non-hydrogen) atoms. The molecule has 110 valence electrons. The highest BCUT2D eigenvalue weighted by Gasteiger charge is 2.29. The molecule has 2 atom stereocenters. The lowest BCUT2D eigenvalue weighted by molar-refractivity contribution is -0.141. The minimum Gasteiger partial charge on any atom is -0.486 e. The van der Waals surface area contributed by atoms with Crippen LogP contribution in [0.5, 0.6) is 11.5 Å². The van der Waals surface area contributed by atoms with Crippen LogP contribution < -0.4 is 9.47 Å². The monoisotopic (exact) mass is 280 g/mol. The van der Waals surface area contributed by atoms with Gasteiger partial charge in [0.05, 0.1) is 6.10 Å². The lowest BCUT2D eigenvalue weighted by atomic mass is 9.90. The van der Waals surface area contributed by atoms with Crippen molar-refractivity contribution in [3.8, 4) is 11.5 Å². The van der Waals surface area contributed by atoms with E-state index in [1.807, 2.05) is 6.92 Å². The Bertz CT molecular complexity index is 471. The third kappa shape index (κ3) is 3.22. The number of carboxylic acids is 1. The smallest absolute Gasteiger partial charge is 0.313 e. The number of ether oxygens (including phenoxy) is 2. The van der Waals surface area contributed by atoms with Gasteiger partial charge in [0.15, 0.2) is 11.5 Å². The third-order valence-electron chi connectivity index (χ3n) is 3.43. The van der Waals surface area contributed by atoms with E-state index >= 15 is 0 Å². The van der Waals surface area contributed by atoms with Crippen molar-refractivity contribution in [1.29, 1.82) is 0 Å². The highest BCUT2D eigenvalue weighted by atomic mass is 16.6. The molecule has 5 heteroatoms. The van der Waals surface area contributed by atoms with Crippen LogP contribution in [0.25, 0.3) is 0 Å². The summed E-state index contributed by atoms with van der Waals surface area (Å²) < 4.78 is 10.9. The average molecular weight is 280 g/mol. The predicted octanol–water partition coefficient (Wildman–Crippen LogP) is 2.18. The van der Waals surface area contributed by atoms with Crippen LogP contribution in [0.4, 0.5) is 0 Å². The van der Waals surface area contributed by atoms with Gasteiger partial charge in [0, 0.05) is 0 Å². The van der Waals surface area contributed by atoms with E-state index in [1.54, 1.807) is 18.2 Å². The van der Waals surface area contributed by atoms with Crippen LogP contribution in [0, 0.1) is 0 Å². The van der Waals surface area contributed by atoms with Gasteiger partial charge in [-0.05, 0) is 24.1 Å². The molecule has 0 fully saturated rings. The Kier molecular flexibility index (Phi) is 4.84. The Morgan fingerprint density at radius 3 is 2.65 bits per heavy atom. The highest BCUT2D eigenvalue weighted by Crippen LogP contribution is 2.34. The van der Waals surface area contributed by atoms with Crippen LogP contribution in [-0.2, 0) is 4.79 Å². The Balaban J connectivity index is 2.22. The summed E-state index contributed by atoms with van der Waals surface area (Å²) in [6.07, 6.45) is 1.30. The molecular weight excluding hydrogens is 260 g/mol. The Morgan fingerprint density at radius 1 is 1.30 bits per heavy atom. The molecule has 0 radical (unpaired) electrons. The van der Waals surface area contributed by atoms with E-state index in [0.717, 1.165) is 12.8 Å². The van der Waals surface area contributed by atoms with Crippen LogP contribution in [0.3, 0.4) is 0 Å². The van der Waals surface area contributed by atoms with Crippen molar-refractivity contribution in [2.75, 3.05) is 13.2 Å². The predicted molar refractivity (Wildman–Crippen MR) is 73.3 cm³/mol. The zero-order valence-corrected chi connectivity index (χ0v) is 11.5. The first kappa shape index (κ1) is 14.7. The average Bonchev–Trinajstić information content (AvgIpc) is 2.44. The molecule has 0 bridgehead atoms. The van der Waals surface area contributed by atoms with E-state index < -0.39 is 18.0 Å². The van der Waals surface area contributed by atoms with Gasteiger partial charge >= 0.3 is 5.97 Å². The van der Waals surface area contributed by atoms with Gasteiger partial charge in [-0.2, -0.15) is 0 Å². The quantitative estimate of drug-likeness (QED) is 0.835. The fraction of sp³-hybridized carbons (Fsp3) is 0.533. The summed E-state index contributed by atoms with van der Waals surface area (Å²) in [5, 5.41) is 19.5. The number of carboxylic acid groups (broad SMARTS) is 1. The maximum absolute atomic E-state index is 11.4. The topological polar surface area (TPSA) is 76.0 Å². The number of hydrogen-bond acceptors (Lipinski definition) is 4. The summed E-state index contributed by atoms with van der Waals surface area (Å²) in [6.45, 7) is 2.95. The Labute approximate surface area is 118 Å². The lowest BCUT2D eigenvalue weighted by Crippen LogP contribution is -2.26. The molecule has 0 amide bonds. The van der Waals surface area contributed by atoms with Gasteiger partial charge in [0.25, 0.3) is 0 Å². The zero-order valence-electron chi connectivity index (χ0n) is 11.5. The molecule has 2 N–H and O–H groups in total. The molecule has 1 aliphatic rings. The number of aliphatic hydroxyl groups is 1. The third-order valence-corrected chi connectivity index (χ3v) is 3.43. The van der Waals surface area contributed by atoms with E-state index in [-0.39, 0.29) is 0 Å². The second kappa shape index (κ2) is 6.61. The van der Waals surface area contributed by atoms with Gasteiger partial charge in [0.2, 0.25) is 0 Å². The summed E-state index contributed by atoms with van der Waals surface area (Å²) in [5.74, 6) is -0.794. The number of fused-ring (bicyclic) bond motifs is 1. The molecule has 1 aliphatic heterocycles. The fourth-order valence-corrected chi connectivity index (χ4v) is 2.36. The van der Waals surface area contributed by atoms with Crippen LogP contribution >= 0.6 is 0 Å². The van der Waals surface area contributed by atoms with E-state index in [2.05, 4.69) is 0 Å². The first-order chi connectivity index (χ1) is 9.63. The van der Waals surface area contributed by atoms with Gasteiger partial charge in [0.1, 0.15) is 19.1 Å². The first-order valence-electron chi connectivity index (χ1n) is 6.94. The minimum absolute atomic E-state index is 0.451. The minimum atomic E-state index is -1.02. The number of aliphatic carboxylic acids is 1. The van der Waals surface area contributed by atoms with Crippen molar-refractivity contribution < 1.29 is 24.5 Å². The number of carbonyl (C=O) groups is 1. The molecule has 1 aromatic carbocycles. The van der Waals surface area contributed by atoms with Crippen molar-refractivity contribution in [3.63, 3.8) is 0 Å². The lowest BCUT2D eigenvalue weighted by Gasteiger charge is -2.23. The van der Waals surface area contributed by atoms with E-state index in [4.69, 9.17) is 9.47 Å². The molecule has 2 rings (SSSR count). The molecular formula is C15H20O5. The molecule has 0 spiro atoms. The van der Waals surface area contributed by atoms with Crippen molar-refractivity contribution in [1.82, 2.24) is 0 Å². The zero-order chi connectivity index (χ0) is 14.5. The van der Waals surface area contributed by atoms with Gasteiger partial charge < -0.3 is 19.7 Å². The number of aliphatic hydroxyl groups excluding tert-OH is 1. The summed E-state index contributed by atoms with van der Waals surface area (Å²) >= 11 is 0. The van der Waals surface area contributed by atoms with Crippen LogP contribution in [0.1, 0.15) is 37.7 Å². The summed E-state index contributed by atoms with van der Waals surface area (Å²) in [6, 6.07) is 5.04. The second-order valence-electron chi connectivity index (χ2n) is 4.93. The van der Waals surface area contributed by atoms with Crippen LogP contribution in [-0.4, -0.2) is 35.5 Å². The summed E-state index contributed by atoms with van der Waals surface area (Å²) in [7, 11) is 0. The van der Waals surface area contributed by atoms with Crippen molar-refractivity contribution in [2.45, 2.75) is 38.2 Å². The number of rotatable bonds is 6. The van der Waals surface area contributed by atoms with Crippen molar-refractivity contribution >= 4 is 5.97 Å². The highest BCUT2D eigenvalue weighted by molar-refractivity contribution is 5.77. The maximum atomic E-state index is 11.4. The molecule has 0 aliphatic carbocycles.